The summed E-state index contributed by atoms with van der Waals surface area (Å²) in [4.78, 5) is 19.2. The van der Waals surface area contributed by atoms with Gasteiger partial charge < -0.3 is 14.2 Å². The largest absolute Gasteiger partial charge is 0.497 e. The fraction of sp³-hybridized carbons (Fsp3) is 0.400. The van der Waals surface area contributed by atoms with Crippen molar-refractivity contribution in [2.24, 2.45) is 0 Å². The standard InChI is InChI=1S/C25H28N6O3/c1-17-15-19(33-2)8-9-20(17)25-26-24(28-34-25)18-7-10-22-21(16-18)27-29-31(22)14-11-23(32)30-12-5-3-4-6-13-30/h7-10,15-16H,3-6,11-14H2,1-2H3. The minimum absolute atomic E-state index is 0.190. The predicted octanol–water partition coefficient (Wildman–Crippen LogP) is 4.26. The molecule has 9 heteroatoms. The highest BCUT2D eigenvalue weighted by Gasteiger charge is 2.17. The van der Waals surface area contributed by atoms with E-state index in [4.69, 9.17) is 9.26 Å². The number of nitrogens with zero attached hydrogens (tertiary/aromatic N) is 6. The molecule has 1 amide bonds. The van der Waals surface area contributed by atoms with E-state index in [0.29, 0.717) is 24.7 Å². The highest BCUT2D eigenvalue weighted by molar-refractivity contribution is 5.80. The lowest BCUT2D eigenvalue weighted by Gasteiger charge is -2.20. The summed E-state index contributed by atoms with van der Waals surface area (Å²) in [7, 11) is 1.64. The van der Waals surface area contributed by atoms with Crippen molar-refractivity contribution in [1.29, 1.82) is 0 Å². The first-order valence-corrected chi connectivity index (χ1v) is 11.7. The Kier molecular flexibility index (Phi) is 6.24. The number of ether oxygens (including phenoxy) is 1. The number of amides is 1. The molecular weight excluding hydrogens is 432 g/mol. The molecule has 4 aromatic rings. The van der Waals surface area contributed by atoms with Crippen molar-refractivity contribution >= 4 is 16.9 Å². The first-order valence-electron chi connectivity index (χ1n) is 11.7. The van der Waals surface area contributed by atoms with E-state index >= 15 is 0 Å². The van der Waals surface area contributed by atoms with E-state index in [1.807, 2.05) is 48.2 Å². The Balaban J connectivity index is 1.31. The highest BCUT2D eigenvalue weighted by Crippen LogP contribution is 2.28. The first kappa shape index (κ1) is 22.1. The van der Waals surface area contributed by atoms with Crippen LogP contribution in [0.5, 0.6) is 5.75 Å². The van der Waals surface area contributed by atoms with Gasteiger partial charge in [-0.25, -0.2) is 4.68 Å². The molecular formula is C25H28N6O3. The number of fused-ring (bicyclic) bond motifs is 1. The number of benzene rings is 2. The van der Waals surface area contributed by atoms with Crippen LogP contribution in [0, 0.1) is 6.92 Å². The Hall–Kier alpha value is -3.75. The Morgan fingerprint density at radius 3 is 2.68 bits per heavy atom. The van der Waals surface area contributed by atoms with E-state index in [1.54, 1.807) is 11.8 Å². The molecule has 0 aliphatic carbocycles. The quantitative estimate of drug-likeness (QED) is 0.424. The summed E-state index contributed by atoms with van der Waals surface area (Å²) in [5.74, 6) is 1.90. The van der Waals surface area contributed by atoms with Gasteiger partial charge in [-0.3, -0.25) is 4.79 Å². The zero-order chi connectivity index (χ0) is 23.5. The molecule has 2 aromatic heterocycles. The number of methoxy groups -OCH3 is 1. The van der Waals surface area contributed by atoms with Gasteiger partial charge in [0.1, 0.15) is 11.3 Å². The van der Waals surface area contributed by atoms with Crippen LogP contribution in [0.2, 0.25) is 0 Å². The third-order valence-electron chi connectivity index (χ3n) is 6.36. The van der Waals surface area contributed by atoms with Crippen molar-refractivity contribution in [3.05, 3.63) is 42.0 Å². The van der Waals surface area contributed by atoms with Gasteiger partial charge >= 0.3 is 0 Å². The third-order valence-corrected chi connectivity index (χ3v) is 6.36. The second-order valence-electron chi connectivity index (χ2n) is 8.67. The molecule has 1 fully saturated rings. The van der Waals surface area contributed by atoms with Crippen molar-refractivity contribution in [3.8, 4) is 28.6 Å². The maximum absolute atomic E-state index is 12.6. The summed E-state index contributed by atoms with van der Waals surface area (Å²) in [6.45, 7) is 4.21. The monoisotopic (exact) mass is 460 g/mol. The second kappa shape index (κ2) is 9.62. The van der Waals surface area contributed by atoms with Gasteiger partial charge in [0, 0.05) is 30.6 Å². The maximum Gasteiger partial charge on any atom is 0.258 e. The normalized spacial score (nSPS) is 14.4. The number of likely N-dealkylation sites (tertiary alicyclic amines) is 1. The molecule has 0 atom stereocenters. The van der Waals surface area contributed by atoms with Gasteiger partial charge in [-0.2, -0.15) is 4.98 Å². The summed E-state index contributed by atoms with van der Waals surface area (Å²) >= 11 is 0. The van der Waals surface area contributed by atoms with Gasteiger partial charge in [-0.05, 0) is 61.7 Å². The van der Waals surface area contributed by atoms with Crippen LogP contribution in [-0.2, 0) is 11.3 Å². The third kappa shape index (κ3) is 4.50. The molecule has 176 valence electrons. The molecule has 3 heterocycles. The second-order valence-corrected chi connectivity index (χ2v) is 8.67. The average Bonchev–Trinajstić information content (AvgIpc) is 3.41. The highest BCUT2D eigenvalue weighted by atomic mass is 16.5. The van der Waals surface area contributed by atoms with Gasteiger partial charge in [0.15, 0.2) is 0 Å². The van der Waals surface area contributed by atoms with E-state index in [-0.39, 0.29) is 5.91 Å². The van der Waals surface area contributed by atoms with E-state index in [0.717, 1.165) is 59.4 Å². The van der Waals surface area contributed by atoms with Crippen LogP contribution >= 0.6 is 0 Å². The van der Waals surface area contributed by atoms with Gasteiger partial charge in [0.2, 0.25) is 11.7 Å². The molecule has 0 radical (unpaired) electrons. The molecule has 2 aromatic carbocycles. The Bertz CT molecular complexity index is 1300. The fourth-order valence-electron chi connectivity index (χ4n) is 4.41. The smallest absolute Gasteiger partial charge is 0.258 e. The van der Waals surface area contributed by atoms with Crippen LogP contribution < -0.4 is 4.74 Å². The lowest BCUT2D eigenvalue weighted by molar-refractivity contribution is -0.131. The summed E-state index contributed by atoms with van der Waals surface area (Å²) in [5, 5.41) is 12.7. The molecule has 0 N–H and O–H groups in total. The number of carbonyl (C=O) groups is 1. The van der Waals surface area contributed by atoms with Crippen LogP contribution in [0.3, 0.4) is 0 Å². The van der Waals surface area contributed by atoms with Gasteiger partial charge in [0.05, 0.1) is 19.2 Å². The Morgan fingerprint density at radius 2 is 1.91 bits per heavy atom. The average molecular weight is 461 g/mol. The number of hydrogen-bond acceptors (Lipinski definition) is 7. The maximum atomic E-state index is 12.6. The van der Waals surface area contributed by atoms with E-state index in [2.05, 4.69) is 20.5 Å². The fourth-order valence-corrected chi connectivity index (χ4v) is 4.41. The predicted molar refractivity (Wildman–Crippen MR) is 127 cm³/mol. The molecule has 1 saturated heterocycles. The molecule has 0 bridgehead atoms. The van der Waals surface area contributed by atoms with Gasteiger partial charge in [-0.1, -0.05) is 23.2 Å². The molecule has 34 heavy (non-hydrogen) atoms. The number of aromatic nitrogens is 5. The summed E-state index contributed by atoms with van der Waals surface area (Å²) < 4.78 is 12.6. The lowest BCUT2D eigenvalue weighted by Crippen LogP contribution is -2.32. The molecule has 0 spiro atoms. The summed E-state index contributed by atoms with van der Waals surface area (Å²) in [6.07, 6.45) is 5.03. The van der Waals surface area contributed by atoms with Crippen LogP contribution in [0.25, 0.3) is 33.9 Å². The molecule has 9 nitrogen and oxygen atoms in total. The number of rotatable bonds is 6. The van der Waals surface area contributed by atoms with Crippen LogP contribution in [0.15, 0.2) is 40.9 Å². The van der Waals surface area contributed by atoms with Crippen molar-refractivity contribution in [3.63, 3.8) is 0 Å². The van der Waals surface area contributed by atoms with Gasteiger partial charge in [0.25, 0.3) is 5.89 Å². The van der Waals surface area contributed by atoms with Crippen LogP contribution in [0.4, 0.5) is 0 Å². The Labute approximate surface area is 197 Å². The van der Waals surface area contributed by atoms with E-state index in [9.17, 15) is 4.79 Å². The number of carbonyl (C=O) groups excluding carboxylic acids is 1. The van der Waals surface area contributed by atoms with Crippen LogP contribution in [-0.4, -0.2) is 56.1 Å². The Morgan fingerprint density at radius 1 is 1.09 bits per heavy atom. The van der Waals surface area contributed by atoms with Crippen molar-refractivity contribution in [2.75, 3.05) is 20.2 Å². The van der Waals surface area contributed by atoms with Crippen molar-refractivity contribution in [1.82, 2.24) is 30.0 Å². The van der Waals surface area contributed by atoms with E-state index < -0.39 is 0 Å². The van der Waals surface area contributed by atoms with Gasteiger partial charge in [-0.15, -0.1) is 5.10 Å². The van der Waals surface area contributed by atoms with Crippen molar-refractivity contribution in [2.45, 2.75) is 45.6 Å². The summed E-state index contributed by atoms with van der Waals surface area (Å²) in [6, 6.07) is 11.5. The topological polar surface area (TPSA) is 99.2 Å². The minimum Gasteiger partial charge on any atom is -0.497 e. The van der Waals surface area contributed by atoms with Crippen molar-refractivity contribution < 1.29 is 14.1 Å². The summed E-state index contributed by atoms with van der Waals surface area (Å²) in [5.41, 5.74) is 4.25. The zero-order valence-corrected chi connectivity index (χ0v) is 19.5. The SMILES string of the molecule is COc1ccc(-c2nc(-c3ccc4c(c3)nnn4CCC(=O)N3CCCCCC3)no2)c(C)c1. The molecule has 1 aliphatic rings. The number of aryl methyl sites for hydroxylation is 2. The van der Waals surface area contributed by atoms with E-state index in [1.165, 1.54) is 12.8 Å². The first-order chi connectivity index (χ1) is 16.6. The zero-order valence-electron chi connectivity index (χ0n) is 19.5. The molecule has 5 rings (SSSR count). The van der Waals surface area contributed by atoms with Crippen LogP contribution in [0.1, 0.15) is 37.7 Å². The molecule has 1 aliphatic heterocycles. The number of hydrogen-bond donors (Lipinski definition) is 0. The minimum atomic E-state index is 0.190. The molecule has 0 unspecified atom stereocenters. The molecule has 0 saturated carbocycles. The lowest BCUT2D eigenvalue weighted by atomic mass is 10.1.